The van der Waals surface area contributed by atoms with Crippen LogP contribution in [0, 0.1) is 0 Å². The van der Waals surface area contributed by atoms with Gasteiger partial charge in [-0.1, -0.05) is 36.4 Å². The topological polar surface area (TPSA) is 109 Å². The third-order valence-electron chi connectivity index (χ3n) is 4.97. The van der Waals surface area contributed by atoms with E-state index in [1.54, 1.807) is 72.8 Å². The Morgan fingerprint density at radius 3 is 2.15 bits per heavy atom. The number of fused-ring (bicyclic) bond motifs is 1. The van der Waals surface area contributed by atoms with E-state index in [0.29, 0.717) is 33.6 Å². The molecule has 3 aromatic carbocycles. The van der Waals surface area contributed by atoms with Crippen molar-refractivity contribution < 1.29 is 23.8 Å². The standard InChI is InChI=1S/C25H21N3O6/c1-32-18-12-16(13-19(14-18)33-2)26-22(29)15-34-25(31)23-20-10-6-7-11-21(20)24(30)28(27-23)17-8-4-3-5-9-17/h3-14H,15H2,1-2H3,(H,26,29). The van der Waals surface area contributed by atoms with E-state index in [1.807, 2.05) is 0 Å². The smallest absolute Gasteiger partial charge is 0.359 e. The Morgan fingerprint density at radius 2 is 1.50 bits per heavy atom. The highest BCUT2D eigenvalue weighted by Crippen LogP contribution is 2.25. The van der Waals surface area contributed by atoms with Crippen molar-refractivity contribution in [1.82, 2.24) is 9.78 Å². The number of benzene rings is 3. The van der Waals surface area contributed by atoms with Gasteiger partial charge in [-0.2, -0.15) is 9.78 Å². The monoisotopic (exact) mass is 459 g/mol. The van der Waals surface area contributed by atoms with E-state index >= 15 is 0 Å². The number of amides is 1. The van der Waals surface area contributed by atoms with Crippen LogP contribution in [0.3, 0.4) is 0 Å². The number of hydrogen-bond donors (Lipinski definition) is 1. The second-order valence-electron chi connectivity index (χ2n) is 7.17. The molecule has 4 rings (SSSR count). The third kappa shape index (κ3) is 4.73. The molecule has 1 amide bonds. The molecule has 0 atom stereocenters. The summed E-state index contributed by atoms with van der Waals surface area (Å²) in [6.45, 7) is -0.557. The minimum atomic E-state index is -0.834. The van der Waals surface area contributed by atoms with Gasteiger partial charge in [0.15, 0.2) is 12.3 Å². The number of hydrogen-bond acceptors (Lipinski definition) is 7. The molecule has 0 fully saturated rings. The van der Waals surface area contributed by atoms with E-state index in [-0.39, 0.29) is 11.3 Å². The number of aromatic nitrogens is 2. The largest absolute Gasteiger partial charge is 0.497 e. The fraction of sp³-hybridized carbons (Fsp3) is 0.120. The van der Waals surface area contributed by atoms with Crippen molar-refractivity contribution in [2.24, 2.45) is 0 Å². The number of nitrogens with zero attached hydrogens (tertiary/aromatic N) is 2. The Hall–Kier alpha value is -4.66. The van der Waals surface area contributed by atoms with Crippen molar-refractivity contribution in [3.05, 3.63) is 88.8 Å². The first kappa shape index (κ1) is 22.5. The summed E-state index contributed by atoms with van der Waals surface area (Å²) >= 11 is 0. The van der Waals surface area contributed by atoms with E-state index in [4.69, 9.17) is 14.2 Å². The van der Waals surface area contributed by atoms with Crippen LogP contribution in [0.15, 0.2) is 77.6 Å². The van der Waals surface area contributed by atoms with Gasteiger partial charge in [0.2, 0.25) is 0 Å². The Kier molecular flexibility index (Phi) is 6.54. The van der Waals surface area contributed by atoms with Gasteiger partial charge in [0.25, 0.3) is 11.5 Å². The van der Waals surface area contributed by atoms with E-state index < -0.39 is 18.5 Å². The summed E-state index contributed by atoms with van der Waals surface area (Å²) in [4.78, 5) is 38.2. The van der Waals surface area contributed by atoms with Crippen molar-refractivity contribution in [3.63, 3.8) is 0 Å². The van der Waals surface area contributed by atoms with E-state index in [2.05, 4.69) is 10.4 Å². The highest BCUT2D eigenvalue weighted by molar-refractivity contribution is 6.03. The Balaban J connectivity index is 1.57. The van der Waals surface area contributed by atoms with Crippen LogP contribution in [-0.4, -0.2) is 42.5 Å². The molecule has 1 heterocycles. The normalized spacial score (nSPS) is 10.5. The number of nitrogens with one attached hydrogen (secondary N) is 1. The molecular weight excluding hydrogens is 438 g/mol. The number of methoxy groups -OCH3 is 2. The van der Waals surface area contributed by atoms with Crippen LogP contribution in [0.4, 0.5) is 5.69 Å². The minimum Gasteiger partial charge on any atom is -0.497 e. The Labute approximate surface area is 194 Å². The first-order valence-electron chi connectivity index (χ1n) is 10.3. The van der Waals surface area contributed by atoms with Crippen LogP contribution >= 0.6 is 0 Å². The predicted molar refractivity (Wildman–Crippen MR) is 126 cm³/mol. The molecule has 0 bridgehead atoms. The van der Waals surface area contributed by atoms with Gasteiger partial charge in [0, 0.05) is 29.3 Å². The maximum atomic E-state index is 12.9. The van der Waals surface area contributed by atoms with Gasteiger partial charge in [0.05, 0.1) is 25.3 Å². The Morgan fingerprint density at radius 1 is 0.882 bits per heavy atom. The summed E-state index contributed by atoms with van der Waals surface area (Å²) in [5.41, 5.74) is 0.466. The van der Waals surface area contributed by atoms with Crippen molar-refractivity contribution >= 4 is 28.3 Å². The van der Waals surface area contributed by atoms with Crippen LogP contribution in [-0.2, 0) is 9.53 Å². The van der Waals surface area contributed by atoms with Gasteiger partial charge < -0.3 is 19.5 Å². The second-order valence-corrected chi connectivity index (χ2v) is 7.17. The van der Waals surface area contributed by atoms with E-state index in [1.165, 1.54) is 14.2 Å². The fourth-order valence-corrected chi connectivity index (χ4v) is 3.36. The number of anilines is 1. The maximum Gasteiger partial charge on any atom is 0.359 e. The van der Waals surface area contributed by atoms with Gasteiger partial charge in [-0.05, 0) is 18.2 Å². The van der Waals surface area contributed by atoms with E-state index in [0.717, 1.165) is 4.68 Å². The lowest BCUT2D eigenvalue weighted by Gasteiger charge is -2.12. The quantitative estimate of drug-likeness (QED) is 0.423. The van der Waals surface area contributed by atoms with Crippen molar-refractivity contribution in [2.45, 2.75) is 0 Å². The first-order valence-corrected chi connectivity index (χ1v) is 10.3. The summed E-state index contributed by atoms with van der Waals surface area (Å²) in [6.07, 6.45) is 0. The number of carbonyl (C=O) groups excluding carboxylic acids is 2. The zero-order valence-electron chi connectivity index (χ0n) is 18.5. The summed E-state index contributed by atoms with van der Waals surface area (Å²) < 4.78 is 16.7. The molecule has 9 nitrogen and oxygen atoms in total. The van der Waals surface area contributed by atoms with Crippen molar-refractivity contribution in [3.8, 4) is 17.2 Å². The van der Waals surface area contributed by atoms with Gasteiger partial charge in [-0.25, -0.2) is 4.79 Å². The van der Waals surface area contributed by atoms with Crippen LogP contribution in [0.5, 0.6) is 11.5 Å². The molecule has 0 saturated carbocycles. The van der Waals surface area contributed by atoms with Crippen LogP contribution in [0.2, 0.25) is 0 Å². The SMILES string of the molecule is COc1cc(NC(=O)COC(=O)c2nn(-c3ccccc3)c(=O)c3ccccc23)cc(OC)c1. The average molecular weight is 459 g/mol. The number of ether oxygens (including phenoxy) is 3. The molecule has 1 aromatic heterocycles. The lowest BCUT2D eigenvalue weighted by atomic mass is 10.1. The molecule has 0 aliphatic rings. The molecule has 9 heteroatoms. The molecular formula is C25H21N3O6. The molecule has 1 N–H and O–H groups in total. The number of para-hydroxylation sites is 1. The average Bonchev–Trinajstić information content (AvgIpc) is 2.88. The molecule has 0 aliphatic heterocycles. The summed E-state index contributed by atoms with van der Waals surface area (Å²) in [6, 6.07) is 20.2. The number of carbonyl (C=O) groups is 2. The fourth-order valence-electron chi connectivity index (χ4n) is 3.36. The highest BCUT2D eigenvalue weighted by Gasteiger charge is 2.20. The minimum absolute atomic E-state index is 0.0742. The molecule has 0 aliphatic carbocycles. The maximum absolute atomic E-state index is 12.9. The molecule has 4 aromatic rings. The zero-order valence-corrected chi connectivity index (χ0v) is 18.5. The van der Waals surface area contributed by atoms with Gasteiger partial charge >= 0.3 is 5.97 Å². The van der Waals surface area contributed by atoms with Gasteiger partial charge in [-0.3, -0.25) is 9.59 Å². The van der Waals surface area contributed by atoms with Gasteiger partial charge in [-0.15, -0.1) is 0 Å². The lowest BCUT2D eigenvalue weighted by Crippen LogP contribution is -2.26. The van der Waals surface area contributed by atoms with Crippen molar-refractivity contribution in [1.29, 1.82) is 0 Å². The second kappa shape index (κ2) is 9.86. The molecule has 172 valence electrons. The predicted octanol–water partition coefficient (Wildman–Crippen LogP) is 3.20. The lowest BCUT2D eigenvalue weighted by molar-refractivity contribution is -0.119. The molecule has 0 spiro atoms. The molecule has 34 heavy (non-hydrogen) atoms. The first-order chi connectivity index (χ1) is 16.5. The molecule has 0 radical (unpaired) electrons. The van der Waals surface area contributed by atoms with Gasteiger partial charge in [0.1, 0.15) is 11.5 Å². The Bertz CT molecular complexity index is 1390. The van der Waals surface area contributed by atoms with Crippen molar-refractivity contribution in [2.75, 3.05) is 26.1 Å². The van der Waals surface area contributed by atoms with E-state index in [9.17, 15) is 14.4 Å². The van der Waals surface area contributed by atoms with Crippen LogP contribution in [0.25, 0.3) is 16.5 Å². The molecule has 0 unspecified atom stereocenters. The summed E-state index contributed by atoms with van der Waals surface area (Å²) in [5, 5.41) is 7.52. The number of esters is 1. The zero-order chi connectivity index (χ0) is 24.1. The summed E-state index contributed by atoms with van der Waals surface area (Å²) in [5.74, 6) is -0.417. The summed E-state index contributed by atoms with van der Waals surface area (Å²) in [7, 11) is 2.99. The highest BCUT2D eigenvalue weighted by atomic mass is 16.5. The van der Waals surface area contributed by atoms with Crippen LogP contribution < -0.4 is 20.3 Å². The molecule has 0 saturated heterocycles. The van der Waals surface area contributed by atoms with Crippen LogP contribution in [0.1, 0.15) is 10.5 Å². The number of rotatable bonds is 7. The third-order valence-corrected chi connectivity index (χ3v) is 4.97.